The molecule has 0 amide bonds. The van der Waals surface area contributed by atoms with Crippen LogP contribution >= 0.6 is 15.9 Å². The second-order valence-electron chi connectivity index (χ2n) is 5.25. The Bertz CT molecular complexity index is 402. The van der Waals surface area contributed by atoms with E-state index in [0.29, 0.717) is 10.8 Å². The molecule has 1 aromatic rings. The van der Waals surface area contributed by atoms with E-state index in [2.05, 4.69) is 32.7 Å². The summed E-state index contributed by atoms with van der Waals surface area (Å²) in [5, 5.41) is 0. The number of hydrogen-bond donors (Lipinski definition) is 0. The van der Waals surface area contributed by atoms with E-state index in [1.807, 2.05) is 0 Å². The molecule has 2 heterocycles. The summed E-state index contributed by atoms with van der Waals surface area (Å²) in [6.07, 6.45) is 6.11. The largest absolute Gasteiger partial charge is 0.436 e. The van der Waals surface area contributed by atoms with E-state index in [-0.39, 0.29) is 0 Å². The Hall–Kier alpha value is -0.350. The first-order valence-electron chi connectivity index (χ1n) is 6.66. The second-order valence-corrected chi connectivity index (χ2v) is 5.93. The molecule has 0 aromatic carbocycles. The van der Waals surface area contributed by atoms with Crippen molar-refractivity contribution in [1.82, 2.24) is 9.88 Å². The number of rotatable bonds is 2. The molecule has 0 spiro atoms. The molecule has 0 N–H and O–H groups in total. The third kappa shape index (κ3) is 2.17. The van der Waals surface area contributed by atoms with Crippen LogP contribution < -0.4 is 0 Å². The normalized spacial score (nSPS) is 28.8. The van der Waals surface area contributed by atoms with E-state index in [4.69, 9.17) is 4.42 Å². The fourth-order valence-electron chi connectivity index (χ4n) is 3.42. The van der Waals surface area contributed by atoms with Crippen LogP contribution in [-0.4, -0.2) is 29.0 Å². The first kappa shape index (κ1) is 11.7. The number of likely N-dealkylation sites (tertiary alicyclic amines) is 1. The van der Waals surface area contributed by atoms with Gasteiger partial charge in [0.1, 0.15) is 5.76 Å². The maximum absolute atomic E-state index is 5.66. The van der Waals surface area contributed by atoms with Crippen LogP contribution in [0, 0.1) is 5.92 Å². The van der Waals surface area contributed by atoms with Crippen LogP contribution in [0.25, 0.3) is 0 Å². The summed E-state index contributed by atoms with van der Waals surface area (Å²) in [5.74, 6) is 1.90. The first-order valence-corrected chi connectivity index (χ1v) is 7.45. The lowest BCUT2D eigenvalue weighted by Gasteiger charge is -2.43. The Morgan fingerprint density at radius 1 is 1.47 bits per heavy atom. The topological polar surface area (TPSA) is 29.3 Å². The summed E-state index contributed by atoms with van der Waals surface area (Å²) in [4.78, 5) is 7.76. The van der Waals surface area contributed by atoms with E-state index < -0.39 is 0 Å². The van der Waals surface area contributed by atoms with Crippen LogP contribution in [0.5, 0.6) is 0 Å². The van der Waals surface area contributed by atoms with Gasteiger partial charge in [-0.25, -0.2) is 4.98 Å². The molecule has 1 aromatic heterocycles. The Morgan fingerprint density at radius 3 is 3.18 bits per heavy atom. The molecular formula is C13H19BrN2O. The fraction of sp³-hybridized carbons (Fsp3) is 0.769. The number of aromatic nitrogens is 1. The van der Waals surface area contributed by atoms with Gasteiger partial charge in [-0.3, -0.25) is 4.90 Å². The van der Waals surface area contributed by atoms with Crippen LogP contribution in [0.4, 0.5) is 0 Å². The van der Waals surface area contributed by atoms with Crippen LogP contribution in [-0.2, 0) is 12.8 Å². The molecule has 3 rings (SSSR count). The van der Waals surface area contributed by atoms with Gasteiger partial charge in [-0.1, -0.05) is 6.92 Å². The molecule has 94 valence electrons. The third-order valence-corrected chi connectivity index (χ3v) is 4.49. The average molecular weight is 299 g/mol. The molecule has 2 atom stereocenters. The van der Waals surface area contributed by atoms with Gasteiger partial charge in [0.25, 0.3) is 4.80 Å². The number of fused-ring (bicyclic) bond motifs is 2. The Balaban J connectivity index is 1.83. The summed E-state index contributed by atoms with van der Waals surface area (Å²) in [6, 6.07) is 0.691. The zero-order valence-corrected chi connectivity index (χ0v) is 11.9. The van der Waals surface area contributed by atoms with Gasteiger partial charge in [0, 0.05) is 28.4 Å². The highest BCUT2D eigenvalue weighted by molar-refractivity contribution is 9.10. The Labute approximate surface area is 111 Å². The molecule has 0 bridgehead atoms. The molecule has 1 aliphatic carbocycles. The molecule has 0 unspecified atom stereocenters. The minimum absolute atomic E-state index is 0.656. The van der Waals surface area contributed by atoms with Gasteiger partial charge in [0.15, 0.2) is 0 Å². The molecule has 1 fully saturated rings. The fourth-order valence-corrected chi connectivity index (χ4v) is 3.83. The number of oxazole rings is 1. The molecule has 3 nitrogen and oxygen atoms in total. The highest BCUT2D eigenvalue weighted by atomic mass is 79.9. The highest BCUT2D eigenvalue weighted by Gasteiger charge is 2.37. The second kappa shape index (κ2) is 4.73. The van der Waals surface area contributed by atoms with Gasteiger partial charge < -0.3 is 4.42 Å². The Kier molecular flexibility index (Phi) is 3.26. The molecule has 17 heavy (non-hydrogen) atoms. The molecule has 2 aliphatic rings. The number of hydrogen-bond acceptors (Lipinski definition) is 3. The van der Waals surface area contributed by atoms with Crippen LogP contribution in [0.1, 0.15) is 37.6 Å². The van der Waals surface area contributed by atoms with Gasteiger partial charge in [-0.05, 0) is 44.7 Å². The van der Waals surface area contributed by atoms with Crippen molar-refractivity contribution < 1.29 is 4.42 Å². The van der Waals surface area contributed by atoms with E-state index in [1.54, 1.807) is 0 Å². The lowest BCUT2D eigenvalue weighted by Crippen LogP contribution is -2.49. The highest BCUT2D eigenvalue weighted by Crippen LogP contribution is 2.35. The van der Waals surface area contributed by atoms with Crippen molar-refractivity contribution in [2.45, 2.75) is 45.1 Å². The molecular weight excluding hydrogens is 280 g/mol. The van der Waals surface area contributed by atoms with Gasteiger partial charge in [0.05, 0.1) is 5.69 Å². The lowest BCUT2D eigenvalue weighted by atomic mass is 9.79. The van der Waals surface area contributed by atoms with Crippen molar-refractivity contribution in [2.75, 3.05) is 13.1 Å². The Morgan fingerprint density at radius 2 is 2.35 bits per heavy atom. The summed E-state index contributed by atoms with van der Waals surface area (Å²) in [5.41, 5.74) is 1.19. The molecule has 1 saturated heterocycles. The van der Waals surface area contributed by atoms with Gasteiger partial charge in [-0.15, -0.1) is 0 Å². The minimum atomic E-state index is 0.656. The maximum atomic E-state index is 5.66. The van der Waals surface area contributed by atoms with E-state index in [1.165, 1.54) is 38.0 Å². The van der Waals surface area contributed by atoms with Crippen LogP contribution in [0.15, 0.2) is 9.22 Å². The monoisotopic (exact) mass is 298 g/mol. The standard InChI is InChI=1S/C13H19BrN2O/c1-2-5-16-6-3-4-9-7-10-12(8-11(9)16)17-13(14)15-10/h9,11H,2-8H2,1H3/t9-,11-/m1/s1. The van der Waals surface area contributed by atoms with Crippen molar-refractivity contribution in [3.63, 3.8) is 0 Å². The average Bonchev–Trinajstić information content (AvgIpc) is 2.66. The zero-order chi connectivity index (χ0) is 11.8. The van der Waals surface area contributed by atoms with Gasteiger partial charge >= 0.3 is 0 Å². The molecule has 0 radical (unpaired) electrons. The van der Waals surface area contributed by atoms with E-state index >= 15 is 0 Å². The lowest BCUT2D eigenvalue weighted by molar-refractivity contribution is 0.0797. The van der Waals surface area contributed by atoms with Crippen LogP contribution in [0.2, 0.25) is 0 Å². The van der Waals surface area contributed by atoms with Gasteiger partial charge in [-0.2, -0.15) is 0 Å². The summed E-state index contributed by atoms with van der Waals surface area (Å²) >= 11 is 3.35. The van der Waals surface area contributed by atoms with Crippen molar-refractivity contribution in [1.29, 1.82) is 0 Å². The number of piperidine rings is 1. The van der Waals surface area contributed by atoms with E-state index in [9.17, 15) is 0 Å². The van der Waals surface area contributed by atoms with Crippen molar-refractivity contribution in [3.8, 4) is 0 Å². The number of halogens is 1. The summed E-state index contributed by atoms with van der Waals surface area (Å²) in [7, 11) is 0. The van der Waals surface area contributed by atoms with E-state index in [0.717, 1.165) is 24.5 Å². The summed E-state index contributed by atoms with van der Waals surface area (Å²) < 4.78 is 5.66. The third-order valence-electron chi connectivity index (χ3n) is 4.15. The predicted molar refractivity (Wildman–Crippen MR) is 70.0 cm³/mol. The first-order chi connectivity index (χ1) is 8.28. The van der Waals surface area contributed by atoms with Crippen molar-refractivity contribution in [2.24, 2.45) is 5.92 Å². The van der Waals surface area contributed by atoms with Crippen molar-refractivity contribution in [3.05, 3.63) is 16.3 Å². The number of nitrogens with zero attached hydrogens (tertiary/aromatic N) is 2. The van der Waals surface area contributed by atoms with Crippen molar-refractivity contribution >= 4 is 15.9 Å². The van der Waals surface area contributed by atoms with Gasteiger partial charge in [0.2, 0.25) is 0 Å². The summed E-state index contributed by atoms with van der Waals surface area (Å²) in [6.45, 7) is 4.76. The van der Waals surface area contributed by atoms with Crippen LogP contribution in [0.3, 0.4) is 0 Å². The molecule has 0 saturated carbocycles. The SMILES string of the molecule is CCCN1CCC[C@@H]2Cc3nc(Br)oc3C[C@H]21. The molecule has 1 aliphatic heterocycles. The predicted octanol–water partition coefficient (Wildman–Crippen LogP) is 3.03. The zero-order valence-electron chi connectivity index (χ0n) is 10.3. The molecule has 4 heteroatoms. The minimum Gasteiger partial charge on any atom is -0.436 e. The maximum Gasteiger partial charge on any atom is 0.264 e. The smallest absolute Gasteiger partial charge is 0.264 e. The quantitative estimate of drug-likeness (QED) is 0.840.